The lowest BCUT2D eigenvalue weighted by atomic mass is 9.61. The highest BCUT2D eigenvalue weighted by Gasteiger charge is 2.48. The van der Waals surface area contributed by atoms with Gasteiger partial charge in [0.1, 0.15) is 0 Å². The van der Waals surface area contributed by atoms with Crippen molar-refractivity contribution in [1.82, 2.24) is 9.80 Å². The molecule has 0 amide bonds. The second-order valence-electron chi connectivity index (χ2n) is 20.5. The molecule has 3 unspecified atom stereocenters. The summed E-state index contributed by atoms with van der Waals surface area (Å²) in [5, 5.41) is 0. The first-order chi connectivity index (χ1) is 23.0. The van der Waals surface area contributed by atoms with Gasteiger partial charge in [0, 0.05) is 22.2 Å². The number of likely N-dealkylation sites (tertiary alicyclic amines) is 2. The molecule has 2 aliphatic heterocycles. The van der Waals surface area contributed by atoms with Gasteiger partial charge in [-0.2, -0.15) is 0 Å². The molecular weight excluding hydrogens is 593 g/mol. The number of hydrogen-bond donors (Lipinski definition) is 0. The highest BCUT2D eigenvalue weighted by atomic mass is 15.2. The Hall–Kier alpha value is -0.0800. The summed E-state index contributed by atoms with van der Waals surface area (Å²) in [7, 11) is 4.78. The van der Waals surface area contributed by atoms with Crippen LogP contribution in [0.2, 0.25) is 0 Å². The van der Waals surface area contributed by atoms with E-state index in [1.165, 1.54) is 161 Å². The van der Waals surface area contributed by atoms with Crippen molar-refractivity contribution in [2.24, 2.45) is 29.6 Å². The Balaban J connectivity index is 1.87. The summed E-state index contributed by atoms with van der Waals surface area (Å²) >= 11 is 0. The predicted octanol–water partition coefficient (Wildman–Crippen LogP) is 14.9. The summed E-state index contributed by atoms with van der Waals surface area (Å²) in [4.78, 5) is 5.40. The fourth-order valence-electron chi connectivity index (χ4n) is 10.9. The topological polar surface area (TPSA) is 6.48 Å². The molecule has 2 heteroatoms. The summed E-state index contributed by atoms with van der Waals surface area (Å²) < 4.78 is 0. The van der Waals surface area contributed by atoms with Crippen LogP contribution >= 0.6 is 0 Å². The van der Waals surface area contributed by atoms with E-state index in [0.29, 0.717) is 0 Å². The number of nitrogens with zero attached hydrogens (tertiary/aromatic N) is 2. The van der Waals surface area contributed by atoms with Gasteiger partial charge in [0.15, 0.2) is 0 Å². The maximum Gasteiger partial charge on any atom is 0.0158 e. The molecule has 2 aliphatic rings. The molecule has 0 N–H and O–H groups in total. The van der Waals surface area contributed by atoms with Crippen LogP contribution in [0.4, 0.5) is 0 Å². The molecule has 0 aromatic heterocycles. The zero-order valence-electron chi connectivity index (χ0n) is 36.5. The van der Waals surface area contributed by atoms with Gasteiger partial charge in [0.2, 0.25) is 0 Å². The van der Waals surface area contributed by atoms with Crippen LogP contribution in [0.25, 0.3) is 0 Å². The lowest BCUT2D eigenvalue weighted by Gasteiger charge is -2.57. The summed E-state index contributed by atoms with van der Waals surface area (Å²) in [6.07, 6.45) is 36.0. The van der Waals surface area contributed by atoms with Gasteiger partial charge >= 0.3 is 0 Å². The second-order valence-corrected chi connectivity index (χ2v) is 20.5. The lowest BCUT2D eigenvalue weighted by molar-refractivity contribution is -0.0668. The third kappa shape index (κ3) is 15.1. The minimum atomic E-state index is 0.276. The predicted molar refractivity (Wildman–Crippen MR) is 222 cm³/mol. The van der Waals surface area contributed by atoms with Gasteiger partial charge in [0.25, 0.3) is 0 Å². The molecule has 0 aromatic carbocycles. The Morgan fingerprint density at radius 1 is 0.469 bits per heavy atom. The van der Waals surface area contributed by atoms with Crippen molar-refractivity contribution >= 4 is 0 Å². The highest BCUT2D eigenvalue weighted by Crippen LogP contribution is 2.50. The van der Waals surface area contributed by atoms with E-state index >= 15 is 0 Å². The molecule has 2 fully saturated rings. The molecule has 292 valence electrons. The molecule has 49 heavy (non-hydrogen) atoms. The summed E-state index contributed by atoms with van der Waals surface area (Å²) in [6, 6.07) is 0. The van der Waals surface area contributed by atoms with Crippen molar-refractivity contribution in [3.8, 4) is 0 Å². The van der Waals surface area contributed by atoms with Crippen molar-refractivity contribution < 1.29 is 0 Å². The van der Waals surface area contributed by atoms with E-state index in [1.807, 2.05) is 0 Å². The third-order valence-electron chi connectivity index (χ3n) is 14.8. The van der Waals surface area contributed by atoms with Crippen LogP contribution in [-0.4, -0.2) is 46.1 Å². The Kier molecular flexibility index (Phi) is 19.9. The minimum absolute atomic E-state index is 0.276. The largest absolute Gasteiger partial charge is 0.296 e. The molecule has 3 atom stereocenters. The van der Waals surface area contributed by atoms with Gasteiger partial charge in [-0.25, -0.2) is 0 Å². The van der Waals surface area contributed by atoms with Gasteiger partial charge in [-0.15, -0.1) is 0 Å². The SMILES string of the molecule is CCCCCCCCCCCCCCCCCCCCC(CC(C(C)CC)C1CC(C)(C)N(C)C(C)(C)C1)C1CC(C)(C)N(C)C(C)(C)C1. The fraction of sp³-hybridized carbons (Fsp3) is 1.00. The van der Waals surface area contributed by atoms with E-state index < -0.39 is 0 Å². The molecule has 2 saturated heterocycles. The van der Waals surface area contributed by atoms with Crippen LogP contribution < -0.4 is 0 Å². The van der Waals surface area contributed by atoms with Crippen molar-refractivity contribution in [1.29, 1.82) is 0 Å². The number of piperidine rings is 2. The van der Waals surface area contributed by atoms with Crippen LogP contribution in [-0.2, 0) is 0 Å². The average Bonchev–Trinajstić information content (AvgIpc) is 3.02. The van der Waals surface area contributed by atoms with Crippen LogP contribution in [0.3, 0.4) is 0 Å². The highest BCUT2D eigenvalue weighted by molar-refractivity contribution is 5.03. The van der Waals surface area contributed by atoms with Crippen molar-refractivity contribution in [3.63, 3.8) is 0 Å². The monoisotopic (exact) mass is 687 g/mol. The second kappa shape index (κ2) is 21.6. The molecule has 2 nitrogen and oxygen atoms in total. The van der Waals surface area contributed by atoms with Gasteiger partial charge in [0.05, 0.1) is 0 Å². The Bertz CT molecular complexity index is 818. The minimum Gasteiger partial charge on any atom is -0.296 e. The van der Waals surface area contributed by atoms with E-state index in [-0.39, 0.29) is 22.2 Å². The quantitative estimate of drug-likeness (QED) is 0.0882. The van der Waals surface area contributed by atoms with Gasteiger partial charge < -0.3 is 0 Å². The molecular formula is C47H94N2. The molecule has 0 aliphatic carbocycles. The summed E-state index contributed by atoms with van der Waals surface area (Å²) in [6.45, 7) is 27.6. The first-order valence-corrected chi connectivity index (χ1v) is 22.5. The van der Waals surface area contributed by atoms with Crippen LogP contribution in [0.5, 0.6) is 0 Å². The first kappa shape index (κ1) is 45.1. The summed E-state index contributed by atoms with van der Waals surface area (Å²) in [5.41, 5.74) is 1.11. The molecule has 0 saturated carbocycles. The molecule has 2 heterocycles. The molecule has 0 radical (unpaired) electrons. The zero-order chi connectivity index (χ0) is 36.7. The average molecular weight is 687 g/mol. The molecule has 0 aromatic rings. The molecule has 0 bridgehead atoms. The van der Waals surface area contributed by atoms with Crippen molar-refractivity contribution in [3.05, 3.63) is 0 Å². The van der Waals surface area contributed by atoms with Crippen molar-refractivity contribution in [2.45, 2.75) is 259 Å². The Morgan fingerprint density at radius 3 is 1.10 bits per heavy atom. The maximum atomic E-state index is 2.71. The summed E-state index contributed by atoms with van der Waals surface area (Å²) in [5.74, 6) is 4.23. The number of unbranched alkanes of at least 4 members (excludes halogenated alkanes) is 17. The first-order valence-electron chi connectivity index (χ1n) is 22.5. The smallest absolute Gasteiger partial charge is 0.0158 e. The fourth-order valence-corrected chi connectivity index (χ4v) is 10.9. The zero-order valence-corrected chi connectivity index (χ0v) is 36.5. The van der Waals surface area contributed by atoms with Crippen LogP contribution in [0.1, 0.15) is 237 Å². The van der Waals surface area contributed by atoms with Crippen molar-refractivity contribution in [2.75, 3.05) is 14.1 Å². The van der Waals surface area contributed by atoms with Gasteiger partial charge in [-0.3, -0.25) is 9.80 Å². The molecule has 0 spiro atoms. The maximum absolute atomic E-state index is 2.71. The van der Waals surface area contributed by atoms with E-state index in [2.05, 4.69) is 100 Å². The van der Waals surface area contributed by atoms with Crippen LogP contribution in [0.15, 0.2) is 0 Å². The Morgan fingerprint density at radius 2 is 0.776 bits per heavy atom. The normalized spacial score (nSPS) is 23.4. The van der Waals surface area contributed by atoms with E-state index in [1.54, 1.807) is 0 Å². The van der Waals surface area contributed by atoms with E-state index in [4.69, 9.17) is 0 Å². The van der Waals surface area contributed by atoms with Gasteiger partial charge in [-0.05, 0) is 131 Å². The van der Waals surface area contributed by atoms with E-state index in [9.17, 15) is 0 Å². The lowest BCUT2D eigenvalue weighted by Crippen LogP contribution is -2.60. The van der Waals surface area contributed by atoms with Crippen LogP contribution in [0, 0.1) is 29.6 Å². The molecule has 2 rings (SSSR count). The Labute approximate surface area is 311 Å². The van der Waals surface area contributed by atoms with E-state index in [0.717, 1.165) is 29.6 Å². The number of rotatable bonds is 25. The number of hydrogen-bond acceptors (Lipinski definition) is 2. The standard InChI is InChI=1S/C47H94N2/c1-14-16-17-18-19-20-21-22-23-24-25-26-27-28-29-30-31-32-33-40(41-35-44(4,5)48(12)45(6,7)36-41)34-43(39(3)15-2)42-37-46(8,9)49(13)47(10,11)38-42/h39-43H,14-38H2,1-13H3. The third-order valence-corrected chi connectivity index (χ3v) is 14.8. The van der Waals surface area contributed by atoms with Gasteiger partial charge in [-0.1, -0.05) is 149 Å².